The van der Waals surface area contributed by atoms with Crippen molar-refractivity contribution in [2.45, 2.75) is 13.3 Å². The maximum atomic E-state index is 13.0. The van der Waals surface area contributed by atoms with Crippen LogP contribution in [-0.2, 0) is 0 Å². The van der Waals surface area contributed by atoms with E-state index in [2.05, 4.69) is 11.0 Å². The summed E-state index contributed by atoms with van der Waals surface area (Å²) in [5.74, 6) is 0.654. The van der Waals surface area contributed by atoms with Gasteiger partial charge in [0.25, 0.3) is 5.56 Å². The fourth-order valence-corrected chi connectivity index (χ4v) is 3.15. The Labute approximate surface area is 169 Å². The first kappa shape index (κ1) is 20.1. The third-order valence-corrected chi connectivity index (χ3v) is 4.71. The summed E-state index contributed by atoms with van der Waals surface area (Å²) in [6.07, 6.45) is 0.884. The van der Waals surface area contributed by atoms with Crippen LogP contribution in [-0.4, -0.2) is 36.7 Å². The van der Waals surface area contributed by atoms with Crippen LogP contribution in [0, 0.1) is 29.6 Å². The topological polar surface area (TPSA) is 82.0 Å². The van der Waals surface area contributed by atoms with Crippen molar-refractivity contribution in [3.8, 4) is 23.6 Å². The molecule has 29 heavy (non-hydrogen) atoms. The van der Waals surface area contributed by atoms with Crippen LogP contribution in [0.2, 0.25) is 0 Å². The van der Waals surface area contributed by atoms with E-state index in [9.17, 15) is 15.3 Å². The van der Waals surface area contributed by atoms with Crippen LogP contribution in [0.5, 0.6) is 5.75 Å². The maximum absolute atomic E-state index is 13.0. The average Bonchev–Trinajstić information content (AvgIpc) is 2.71. The minimum absolute atomic E-state index is 0.0521. The van der Waals surface area contributed by atoms with E-state index in [-0.39, 0.29) is 5.56 Å². The van der Waals surface area contributed by atoms with Crippen LogP contribution < -0.4 is 10.3 Å². The number of nitrogens with zero attached hydrogens (tertiary/aromatic N) is 4. The highest BCUT2D eigenvalue weighted by Gasteiger charge is 2.13. The van der Waals surface area contributed by atoms with Crippen LogP contribution in [0.3, 0.4) is 0 Å². The van der Waals surface area contributed by atoms with Gasteiger partial charge in [0.05, 0.1) is 29.4 Å². The van der Waals surface area contributed by atoms with E-state index < -0.39 is 5.56 Å². The Hall–Kier alpha value is -3.61. The second-order valence-corrected chi connectivity index (χ2v) is 7.15. The first-order valence-electron chi connectivity index (χ1n) is 9.33. The number of ether oxygens (including phenoxy) is 1. The Morgan fingerprint density at radius 3 is 2.48 bits per heavy atom. The molecular weight excluding hydrogens is 364 g/mol. The molecule has 0 saturated heterocycles. The van der Waals surface area contributed by atoms with Crippen LogP contribution in [0.1, 0.15) is 23.1 Å². The molecule has 1 heterocycles. The van der Waals surface area contributed by atoms with E-state index >= 15 is 0 Å². The summed E-state index contributed by atoms with van der Waals surface area (Å²) in [4.78, 5) is 15.0. The number of hydrogen-bond acceptors (Lipinski definition) is 5. The molecule has 0 radical (unpaired) electrons. The standard InChI is InChI=1S/C23H22N4O2/c1-16-5-7-20(12-18(16)14-24)27-22-13-21(29-10-4-9-26(2)3)8-6-17(22)11-19(15-25)23(27)28/h5-8,11-13H,4,9-10H2,1-3H3. The Kier molecular flexibility index (Phi) is 5.97. The molecule has 2 aromatic carbocycles. The summed E-state index contributed by atoms with van der Waals surface area (Å²) < 4.78 is 7.33. The largest absolute Gasteiger partial charge is 0.493 e. The van der Waals surface area contributed by atoms with E-state index in [1.54, 1.807) is 30.3 Å². The SMILES string of the molecule is Cc1ccc(-n2c(=O)c(C#N)cc3ccc(OCCCN(C)C)cc32)cc1C#N. The quantitative estimate of drug-likeness (QED) is 0.607. The lowest BCUT2D eigenvalue weighted by Gasteiger charge is -2.14. The lowest BCUT2D eigenvalue weighted by molar-refractivity contribution is 0.282. The van der Waals surface area contributed by atoms with Gasteiger partial charge in [-0.1, -0.05) is 6.07 Å². The van der Waals surface area contributed by atoms with Gasteiger partial charge in [-0.25, -0.2) is 0 Å². The lowest BCUT2D eigenvalue weighted by Crippen LogP contribution is -2.21. The minimum atomic E-state index is -0.419. The number of pyridine rings is 1. The predicted octanol–water partition coefficient (Wildman–Crippen LogP) is 3.37. The van der Waals surface area contributed by atoms with E-state index in [1.165, 1.54) is 4.57 Å². The van der Waals surface area contributed by atoms with Gasteiger partial charge < -0.3 is 9.64 Å². The Morgan fingerprint density at radius 1 is 1.03 bits per heavy atom. The maximum Gasteiger partial charge on any atom is 0.273 e. The molecule has 3 rings (SSSR count). The molecule has 0 fully saturated rings. The Balaban J connectivity index is 2.12. The van der Waals surface area contributed by atoms with Crippen molar-refractivity contribution in [2.24, 2.45) is 0 Å². The highest BCUT2D eigenvalue weighted by Crippen LogP contribution is 2.24. The van der Waals surface area contributed by atoms with Crippen molar-refractivity contribution >= 4 is 10.9 Å². The van der Waals surface area contributed by atoms with Crippen LogP contribution >= 0.6 is 0 Å². The smallest absolute Gasteiger partial charge is 0.273 e. The van der Waals surface area contributed by atoms with Crippen molar-refractivity contribution in [2.75, 3.05) is 27.2 Å². The zero-order chi connectivity index (χ0) is 21.0. The predicted molar refractivity (Wildman–Crippen MR) is 112 cm³/mol. The van der Waals surface area contributed by atoms with Gasteiger partial charge in [0.1, 0.15) is 17.4 Å². The third kappa shape index (κ3) is 4.29. The fraction of sp³-hybridized carbons (Fsp3) is 0.261. The molecule has 3 aromatic rings. The highest BCUT2D eigenvalue weighted by atomic mass is 16.5. The number of hydrogen-bond donors (Lipinski definition) is 0. The molecule has 0 N–H and O–H groups in total. The number of fused-ring (bicyclic) bond motifs is 1. The van der Waals surface area contributed by atoms with Crippen molar-refractivity contribution in [1.29, 1.82) is 10.5 Å². The normalized spacial score (nSPS) is 10.7. The molecule has 0 spiro atoms. The molecule has 6 nitrogen and oxygen atoms in total. The first-order chi connectivity index (χ1) is 13.9. The molecule has 146 valence electrons. The summed E-state index contributed by atoms with van der Waals surface area (Å²) in [5.41, 5.74) is 2.13. The third-order valence-electron chi connectivity index (χ3n) is 4.71. The Bertz CT molecular complexity index is 1200. The van der Waals surface area contributed by atoms with Gasteiger partial charge >= 0.3 is 0 Å². The number of nitriles is 2. The molecular formula is C23H22N4O2. The summed E-state index contributed by atoms with van der Waals surface area (Å²) in [7, 11) is 4.02. The van der Waals surface area contributed by atoms with Gasteiger partial charge in [-0.2, -0.15) is 10.5 Å². The van der Waals surface area contributed by atoms with Crippen molar-refractivity contribution in [1.82, 2.24) is 9.47 Å². The lowest BCUT2D eigenvalue weighted by atomic mass is 10.1. The molecule has 1 aromatic heterocycles. The van der Waals surface area contributed by atoms with Gasteiger partial charge in [0.15, 0.2) is 0 Å². The van der Waals surface area contributed by atoms with Gasteiger partial charge in [0.2, 0.25) is 0 Å². The highest BCUT2D eigenvalue weighted by molar-refractivity contribution is 5.83. The second kappa shape index (κ2) is 8.60. The van der Waals surface area contributed by atoms with Crippen molar-refractivity contribution < 1.29 is 4.74 Å². The van der Waals surface area contributed by atoms with Gasteiger partial charge in [-0.15, -0.1) is 0 Å². The molecule has 0 aliphatic heterocycles. The first-order valence-corrected chi connectivity index (χ1v) is 9.33. The Morgan fingerprint density at radius 2 is 1.79 bits per heavy atom. The zero-order valence-corrected chi connectivity index (χ0v) is 16.8. The van der Waals surface area contributed by atoms with E-state index in [0.29, 0.717) is 29.1 Å². The van der Waals surface area contributed by atoms with Crippen LogP contribution in [0.25, 0.3) is 16.6 Å². The zero-order valence-electron chi connectivity index (χ0n) is 16.8. The van der Waals surface area contributed by atoms with Gasteiger partial charge in [0, 0.05) is 18.0 Å². The van der Waals surface area contributed by atoms with Crippen molar-refractivity contribution in [3.63, 3.8) is 0 Å². The fourth-order valence-electron chi connectivity index (χ4n) is 3.15. The van der Waals surface area contributed by atoms with Crippen LogP contribution in [0.4, 0.5) is 0 Å². The molecule has 0 aliphatic rings. The van der Waals surface area contributed by atoms with E-state index in [4.69, 9.17) is 4.74 Å². The van der Waals surface area contributed by atoms with Gasteiger partial charge in [-0.3, -0.25) is 9.36 Å². The minimum Gasteiger partial charge on any atom is -0.493 e. The summed E-state index contributed by atoms with van der Waals surface area (Å²) in [6.45, 7) is 3.33. The van der Waals surface area contributed by atoms with Crippen molar-refractivity contribution in [3.05, 3.63) is 69.5 Å². The molecule has 6 heteroatoms. The summed E-state index contributed by atoms with van der Waals surface area (Å²) >= 11 is 0. The molecule has 0 saturated carbocycles. The van der Waals surface area contributed by atoms with E-state index in [1.807, 2.05) is 39.2 Å². The molecule has 0 amide bonds. The second-order valence-electron chi connectivity index (χ2n) is 7.15. The molecule has 0 bridgehead atoms. The number of rotatable bonds is 6. The summed E-state index contributed by atoms with van der Waals surface area (Å²) in [6, 6.07) is 16.4. The number of aryl methyl sites for hydroxylation is 1. The average molecular weight is 386 g/mol. The molecule has 0 unspecified atom stereocenters. The number of benzene rings is 2. The van der Waals surface area contributed by atoms with Crippen LogP contribution in [0.15, 0.2) is 47.3 Å². The summed E-state index contributed by atoms with van der Waals surface area (Å²) in [5, 5.41) is 19.5. The van der Waals surface area contributed by atoms with Gasteiger partial charge in [-0.05, 0) is 63.3 Å². The molecule has 0 atom stereocenters. The number of aromatic nitrogens is 1. The van der Waals surface area contributed by atoms with E-state index in [0.717, 1.165) is 23.9 Å². The molecule has 0 aliphatic carbocycles. The monoisotopic (exact) mass is 386 g/mol.